The van der Waals surface area contributed by atoms with Gasteiger partial charge in [-0.05, 0) is 72.5 Å². The van der Waals surface area contributed by atoms with E-state index in [-0.39, 0.29) is 41.4 Å². The third-order valence-corrected chi connectivity index (χ3v) is 6.61. The molecule has 0 bridgehead atoms. The van der Waals surface area contributed by atoms with Crippen LogP contribution >= 0.6 is 0 Å². The van der Waals surface area contributed by atoms with Crippen molar-refractivity contribution in [3.8, 4) is 0 Å². The lowest BCUT2D eigenvalue weighted by molar-refractivity contribution is -0.385. The summed E-state index contributed by atoms with van der Waals surface area (Å²) >= 11 is 0. The molecular weight excluding hydrogens is 540 g/mol. The van der Waals surface area contributed by atoms with Crippen LogP contribution in [0.3, 0.4) is 0 Å². The van der Waals surface area contributed by atoms with Gasteiger partial charge in [0.05, 0.1) is 22.9 Å². The number of anilines is 1. The van der Waals surface area contributed by atoms with Crippen molar-refractivity contribution >= 4 is 46.8 Å². The number of non-ortho nitro benzene ring substituents is 2. The van der Waals surface area contributed by atoms with Crippen molar-refractivity contribution in [2.24, 2.45) is 0 Å². The average Bonchev–Trinajstić information content (AvgIpc) is 2.96. The van der Waals surface area contributed by atoms with Gasteiger partial charge in [-0.15, -0.1) is 0 Å². The van der Waals surface area contributed by atoms with Gasteiger partial charge < -0.3 is 10.2 Å². The summed E-state index contributed by atoms with van der Waals surface area (Å²) in [6.07, 6.45) is 5.36. The van der Waals surface area contributed by atoms with Crippen molar-refractivity contribution in [2.75, 3.05) is 18.4 Å². The first-order valence-electron chi connectivity index (χ1n) is 12.8. The summed E-state index contributed by atoms with van der Waals surface area (Å²) in [5, 5.41) is 24.8. The number of hydrogen-bond donors (Lipinski definition) is 1. The van der Waals surface area contributed by atoms with Crippen LogP contribution in [0.5, 0.6) is 0 Å². The Labute approximate surface area is 240 Å². The van der Waals surface area contributed by atoms with Crippen molar-refractivity contribution in [3.05, 3.63) is 133 Å². The number of amides is 2. The van der Waals surface area contributed by atoms with Crippen molar-refractivity contribution in [3.63, 3.8) is 0 Å². The van der Waals surface area contributed by atoms with E-state index in [1.165, 1.54) is 53.4 Å². The van der Waals surface area contributed by atoms with Crippen LogP contribution in [-0.2, 0) is 14.4 Å². The maximum absolute atomic E-state index is 13.4. The highest BCUT2D eigenvalue weighted by molar-refractivity contribution is 6.16. The lowest BCUT2D eigenvalue weighted by atomic mass is 9.94. The molecule has 0 spiro atoms. The Morgan fingerprint density at radius 3 is 1.64 bits per heavy atom. The summed E-state index contributed by atoms with van der Waals surface area (Å²) in [5.41, 5.74) is 3.76. The smallest absolute Gasteiger partial charge is 0.269 e. The fourth-order valence-electron chi connectivity index (χ4n) is 4.41. The molecule has 1 fully saturated rings. The fourth-order valence-corrected chi connectivity index (χ4v) is 4.41. The normalized spacial score (nSPS) is 15.3. The molecule has 1 heterocycles. The summed E-state index contributed by atoms with van der Waals surface area (Å²) < 4.78 is 0. The van der Waals surface area contributed by atoms with E-state index < -0.39 is 21.7 Å². The highest BCUT2D eigenvalue weighted by Gasteiger charge is 2.28. The monoisotopic (exact) mass is 566 g/mol. The van der Waals surface area contributed by atoms with Crippen LogP contribution in [0, 0.1) is 34.1 Å². The summed E-state index contributed by atoms with van der Waals surface area (Å²) in [5.74, 6) is -1.34. The van der Waals surface area contributed by atoms with E-state index in [2.05, 4.69) is 5.32 Å². The minimum Gasteiger partial charge on any atom is -0.330 e. The number of piperidine rings is 1. The van der Waals surface area contributed by atoms with Gasteiger partial charge in [-0.1, -0.05) is 18.2 Å². The van der Waals surface area contributed by atoms with Gasteiger partial charge in [0, 0.05) is 53.3 Å². The molecule has 42 heavy (non-hydrogen) atoms. The maximum Gasteiger partial charge on any atom is 0.269 e. The summed E-state index contributed by atoms with van der Waals surface area (Å²) in [7, 11) is 0. The quantitative estimate of drug-likeness (QED) is 0.234. The Hall–Kier alpha value is -5.71. The first kappa shape index (κ1) is 29.3. The number of aryl methyl sites for hydroxylation is 2. The highest BCUT2D eigenvalue weighted by Crippen LogP contribution is 2.24. The molecule has 0 saturated carbocycles. The number of Topliss-reactive ketones (excluding diaryl/α,β-unsaturated/α-hetero) is 1. The molecule has 3 aromatic carbocycles. The number of nitrogens with one attached hydrogen (secondary N) is 1. The van der Waals surface area contributed by atoms with Crippen LogP contribution in [-0.4, -0.2) is 45.4 Å². The molecule has 4 rings (SSSR count). The first-order valence-corrected chi connectivity index (χ1v) is 12.8. The van der Waals surface area contributed by atoms with Crippen molar-refractivity contribution < 1.29 is 24.2 Å². The van der Waals surface area contributed by atoms with Crippen LogP contribution in [0.25, 0.3) is 12.2 Å². The van der Waals surface area contributed by atoms with Crippen LogP contribution < -0.4 is 5.32 Å². The Kier molecular flexibility index (Phi) is 8.81. The molecular formula is C31H26N4O7. The first-order chi connectivity index (χ1) is 20.0. The number of nitrogens with zero attached hydrogens (tertiary/aromatic N) is 3. The van der Waals surface area contributed by atoms with Crippen molar-refractivity contribution in [1.29, 1.82) is 0 Å². The van der Waals surface area contributed by atoms with Crippen molar-refractivity contribution in [1.82, 2.24) is 4.90 Å². The van der Waals surface area contributed by atoms with E-state index >= 15 is 0 Å². The minimum atomic E-state index is -0.531. The molecule has 1 saturated heterocycles. The predicted octanol–water partition coefficient (Wildman–Crippen LogP) is 5.19. The number of nitro groups is 2. The number of hydrogen-bond acceptors (Lipinski definition) is 7. The topological polar surface area (TPSA) is 153 Å². The van der Waals surface area contributed by atoms with E-state index in [9.17, 15) is 34.6 Å². The van der Waals surface area contributed by atoms with Crippen molar-refractivity contribution in [2.45, 2.75) is 13.8 Å². The minimum absolute atomic E-state index is 0.0604. The zero-order valence-corrected chi connectivity index (χ0v) is 22.8. The third kappa shape index (κ3) is 7.07. The van der Waals surface area contributed by atoms with Crippen LogP contribution in [0.4, 0.5) is 17.1 Å². The lowest BCUT2D eigenvalue weighted by Gasteiger charge is -2.29. The Balaban J connectivity index is 1.61. The Morgan fingerprint density at radius 1 is 0.762 bits per heavy atom. The van der Waals surface area contributed by atoms with E-state index in [1.807, 2.05) is 32.0 Å². The SMILES string of the molecule is Cc1cccc(C)c1NC(=O)/C=C/C(=O)N1C/C(=C\c2ccc([N+](=O)[O-])cc2)C(=O)/C(=C/c2ccc([N+](=O)[O-])cc2)C1. The van der Waals surface area contributed by atoms with Gasteiger partial charge >= 0.3 is 0 Å². The van der Waals surface area contributed by atoms with Crippen LogP contribution in [0.1, 0.15) is 22.3 Å². The molecule has 11 heteroatoms. The second-order valence-electron chi connectivity index (χ2n) is 9.65. The number of para-hydroxylation sites is 1. The Morgan fingerprint density at radius 2 is 1.21 bits per heavy atom. The number of likely N-dealkylation sites (tertiary alicyclic amines) is 1. The zero-order chi connectivity index (χ0) is 30.4. The summed E-state index contributed by atoms with van der Waals surface area (Å²) in [6, 6.07) is 16.8. The van der Waals surface area contributed by atoms with Crippen LogP contribution in [0.2, 0.25) is 0 Å². The molecule has 2 amide bonds. The summed E-state index contributed by atoms with van der Waals surface area (Å²) in [6.45, 7) is 3.60. The molecule has 1 aliphatic rings. The van der Waals surface area contributed by atoms with Gasteiger partial charge in [-0.3, -0.25) is 34.6 Å². The van der Waals surface area contributed by atoms with Gasteiger partial charge in [0.25, 0.3) is 11.4 Å². The highest BCUT2D eigenvalue weighted by atomic mass is 16.6. The number of ketones is 1. The van der Waals surface area contributed by atoms with Gasteiger partial charge in [-0.25, -0.2) is 0 Å². The van der Waals surface area contributed by atoms with Gasteiger partial charge in [0.15, 0.2) is 5.78 Å². The number of rotatable bonds is 7. The second-order valence-corrected chi connectivity index (χ2v) is 9.65. The third-order valence-electron chi connectivity index (χ3n) is 6.61. The predicted molar refractivity (Wildman–Crippen MR) is 157 cm³/mol. The zero-order valence-electron chi connectivity index (χ0n) is 22.8. The molecule has 212 valence electrons. The van der Waals surface area contributed by atoms with Gasteiger partial charge in [-0.2, -0.15) is 0 Å². The molecule has 0 atom stereocenters. The molecule has 1 aliphatic heterocycles. The van der Waals surface area contributed by atoms with Crippen LogP contribution in [0.15, 0.2) is 90.0 Å². The lowest BCUT2D eigenvalue weighted by Crippen LogP contribution is -2.41. The molecule has 3 aromatic rings. The molecule has 1 N–H and O–H groups in total. The number of nitro benzene ring substituents is 2. The molecule has 0 aromatic heterocycles. The summed E-state index contributed by atoms with van der Waals surface area (Å²) in [4.78, 5) is 61.5. The molecule has 0 aliphatic carbocycles. The molecule has 11 nitrogen and oxygen atoms in total. The molecule has 0 unspecified atom stereocenters. The molecule has 0 radical (unpaired) electrons. The number of carbonyl (C=O) groups is 3. The standard InChI is InChI=1S/C31H26N4O7/c1-20-4-3-5-21(2)30(20)32-28(36)14-15-29(37)33-18-24(16-22-6-10-26(11-7-22)34(39)40)31(38)25(19-33)17-23-8-12-27(13-9-23)35(41)42/h3-17H,18-19H2,1-2H3,(H,32,36)/b15-14+,24-16+,25-17+. The number of carbonyl (C=O) groups excluding carboxylic acids is 3. The fraction of sp³-hybridized carbons (Fsp3) is 0.129. The number of benzene rings is 3. The van der Waals surface area contributed by atoms with Gasteiger partial charge in [0.2, 0.25) is 11.8 Å². The Bertz CT molecular complexity index is 1570. The second kappa shape index (κ2) is 12.6. The van der Waals surface area contributed by atoms with E-state index in [0.29, 0.717) is 16.8 Å². The van der Waals surface area contributed by atoms with E-state index in [0.717, 1.165) is 23.3 Å². The van der Waals surface area contributed by atoms with E-state index in [4.69, 9.17) is 0 Å². The van der Waals surface area contributed by atoms with Gasteiger partial charge in [0.1, 0.15) is 0 Å². The largest absolute Gasteiger partial charge is 0.330 e. The maximum atomic E-state index is 13.4. The van der Waals surface area contributed by atoms with E-state index in [1.54, 1.807) is 12.2 Å². The average molecular weight is 567 g/mol.